The Morgan fingerprint density at radius 1 is 1.21 bits per heavy atom. The molecular weight excluding hydrogens is 176 g/mol. The SMILES string of the molecule is O=C1CC[C@@H]2CNCC[C@H]2N1C1CC1. The van der Waals surface area contributed by atoms with Gasteiger partial charge in [0.25, 0.3) is 0 Å². The highest BCUT2D eigenvalue weighted by Gasteiger charge is 2.43. The summed E-state index contributed by atoms with van der Waals surface area (Å²) in [6.45, 7) is 2.22. The third-order valence-electron chi connectivity index (χ3n) is 3.88. The van der Waals surface area contributed by atoms with Crippen LogP contribution in [0.5, 0.6) is 0 Å². The molecule has 0 unspecified atom stereocenters. The van der Waals surface area contributed by atoms with Crippen molar-refractivity contribution in [2.45, 2.75) is 44.2 Å². The molecular formula is C11H18N2O. The van der Waals surface area contributed by atoms with Gasteiger partial charge in [0.05, 0.1) is 0 Å². The largest absolute Gasteiger partial charge is 0.336 e. The molecule has 3 rings (SSSR count). The molecule has 1 saturated carbocycles. The van der Waals surface area contributed by atoms with Gasteiger partial charge in [-0.05, 0) is 44.7 Å². The van der Waals surface area contributed by atoms with Crippen molar-refractivity contribution < 1.29 is 4.79 Å². The van der Waals surface area contributed by atoms with Crippen LogP contribution < -0.4 is 5.32 Å². The zero-order chi connectivity index (χ0) is 9.54. The average molecular weight is 194 g/mol. The highest BCUT2D eigenvalue weighted by molar-refractivity contribution is 5.78. The van der Waals surface area contributed by atoms with Gasteiger partial charge in [-0.1, -0.05) is 0 Å². The first-order chi connectivity index (χ1) is 6.86. The van der Waals surface area contributed by atoms with Gasteiger partial charge in [-0.15, -0.1) is 0 Å². The van der Waals surface area contributed by atoms with Crippen molar-refractivity contribution in [3.8, 4) is 0 Å². The van der Waals surface area contributed by atoms with Crippen molar-refractivity contribution in [2.75, 3.05) is 13.1 Å². The van der Waals surface area contributed by atoms with E-state index in [-0.39, 0.29) is 0 Å². The Balaban J connectivity index is 1.79. The fourth-order valence-electron chi connectivity index (χ4n) is 3.02. The Bertz CT molecular complexity index is 250. The van der Waals surface area contributed by atoms with Crippen molar-refractivity contribution in [1.29, 1.82) is 0 Å². The second kappa shape index (κ2) is 3.23. The van der Waals surface area contributed by atoms with E-state index in [2.05, 4.69) is 10.2 Å². The molecule has 2 saturated heterocycles. The predicted octanol–water partition coefficient (Wildman–Crippen LogP) is 0.749. The normalized spacial score (nSPS) is 38.3. The smallest absolute Gasteiger partial charge is 0.223 e. The number of likely N-dealkylation sites (tertiary alicyclic amines) is 1. The summed E-state index contributed by atoms with van der Waals surface area (Å²) in [6.07, 6.45) is 5.58. The first-order valence-electron chi connectivity index (χ1n) is 5.88. The summed E-state index contributed by atoms with van der Waals surface area (Å²) in [4.78, 5) is 14.1. The van der Waals surface area contributed by atoms with Gasteiger partial charge in [-0.2, -0.15) is 0 Å². The third-order valence-corrected chi connectivity index (χ3v) is 3.88. The number of hydrogen-bond acceptors (Lipinski definition) is 2. The molecule has 0 spiro atoms. The van der Waals surface area contributed by atoms with Gasteiger partial charge in [0.15, 0.2) is 0 Å². The van der Waals surface area contributed by atoms with Crippen molar-refractivity contribution in [3.63, 3.8) is 0 Å². The van der Waals surface area contributed by atoms with Crippen LogP contribution >= 0.6 is 0 Å². The molecule has 2 heterocycles. The van der Waals surface area contributed by atoms with Crippen LogP contribution in [-0.4, -0.2) is 36.0 Å². The quantitative estimate of drug-likeness (QED) is 0.668. The number of nitrogens with zero attached hydrogens (tertiary/aromatic N) is 1. The molecule has 1 amide bonds. The minimum absolute atomic E-state index is 0.427. The summed E-state index contributed by atoms with van der Waals surface area (Å²) < 4.78 is 0. The molecule has 0 aromatic carbocycles. The maximum absolute atomic E-state index is 11.8. The number of nitrogens with one attached hydrogen (secondary N) is 1. The van der Waals surface area contributed by atoms with E-state index < -0.39 is 0 Å². The van der Waals surface area contributed by atoms with Crippen LogP contribution in [0.4, 0.5) is 0 Å². The van der Waals surface area contributed by atoms with E-state index in [1.165, 1.54) is 19.3 Å². The third kappa shape index (κ3) is 1.34. The Hall–Kier alpha value is -0.570. The van der Waals surface area contributed by atoms with Crippen LogP contribution in [0.1, 0.15) is 32.1 Å². The maximum atomic E-state index is 11.8. The molecule has 3 aliphatic rings. The number of carbonyl (C=O) groups is 1. The van der Waals surface area contributed by atoms with Crippen LogP contribution in [0.15, 0.2) is 0 Å². The zero-order valence-electron chi connectivity index (χ0n) is 8.54. The van der Waals surface area contributed by atoms with Crippen LogP contribution in [-0.2, 0) is 4.79 Å². The molecule has 2 aliphatic heterocycles. The van der Waals surface area contributed by atoms with Crippen LogP contribution in [0.25, 0.3) is 0 Å². The van der Waals surface area contributed by atoms with E-state index in [9.17, 15) is 4.79 Å². The van der Waals surface area contributed by atoms with Gasteiger partial charge >= 0.3 is 0 Å². The van der Waals surface area contributed by atoms with Crippen molar-refractivity contribution in [1.82, 2.24) is 10.2 Å². The predicted molar refractivity (Wildman–Crippen MR) is 53.9 cm³/mol. The first kappa shape index (κ1) is 8.72. The molecule has 1 N–H and O–H groups in total. The molecule has 14 heavy (non-hydrogen) atoms. The van der Waals surface area contributed by atoms with Gasteiger partial charge in [-0.25, -0.2) is 0 Å². The summed E-state index contributed by atoms with van der Waals surface area (Å²) in [5, 5.41) is 3.44. The lowest BCUT2D eigenvalue weighted by Gasteiger charge is -2.44. The topological polar surface area (TPSA) is 32.3 Å². The summed E-state index contributed by atoms with van der Waals surface area (Å²) in [5.74, 6) is 1.16. The molecule has 78 valence electrons. The second-order valence-corrected chi connectivity index (χ2v) is 4.89. The maximum Gasteiger partial charge on any atom is 0.223 e. The van der Waals surface area contributed by atoms with E-state index in [0.29, 0.717) is 18.0 Å². The summed E-state index contributed by atoms with van der Waals surface area (Å²) in [5.41, 5.74) is 0. The molecule has 0 bridgehead atoms. The van der Waals surface area contributed by atoms with Gasteiger partial charge in [-0.3, -0.25) is 4.79 Å². The van der Waals surface area contributed by atoms with Crippen molar-refractivity contribution in [3.05, 3.63) is 0 Å². The molecule has 2 atom stereocenters. The van der Waals surface area contributed by atoms with E-state index >= 15 is 0 Å². The first-order valence-corrected chi connectivity index (χ1v) is 5.88. The average Bonchev–Trinajstić information content (AvgIpc) is 3.01. The van der Waals surface area contributed by atoms with Crippen LogP contribution in [0.3, 0.4) is 0 Å². The van der Waals surface area contributed by atoms with E-state index in [0.717, 1.165) is 31.8 Å². The van der Waals surface area contributed by atoms with Crippen LogP contribution in [0, 0.1) is 5.92 Å². The summed E-state index contributed by atoms with van der Waals surface area (Å²) in [6, 6.07) is 1.19. The lowest BCUT2D eigenvalue weighted by molar-refractivity contribution is -0.140. The highest BCUT2D eigenvalue weighted by Crippen LogP contribution is 2.37. The van der Waals surface area contributed by atoms with Gasteiger partial charge in [0.1, 0.15) is 0 Å². The molecule has 3 fully saturated rings. The number of fused-ring (bicyclic) bond motifs is 1. The number of amides is 1. The molecule has 1 aliphatic carbocycles. The Kier molecular flexibility index (Phi) is 2.01. The number of carbonyl (C=O) groups excluding carboxylic acids is 1. The van der Waals surface area contributed by atoms with E-state index in [1.54, 1.807) is 0 Å². The number of rotatable bonds is 1. The van der Waals surface area contributed by atoms with Crippen molar-refractivity contribution in [2.24, 2.45) is 5.92 Å². The molecule has 3 heteroatoms. The number of piperidine rings is 2. The van der Waals surface area contributed by atoms with Gasteiger partial charge < -0.3 is 10.2 Å². The second-order valence-electron chi connectivity index (χ2n) is 4.89. The van der Waals surface area contributed by atoms with Gasteiger partial charge in [0.2, 0.25) is 5.91 Å². The Morgan fingerprint density at radius 2 is 2.07 bits per heavy atom. The lowest BCUT2D eigenvalue weighted by Crippen LogP contribution is -2.55. The van der Waals surface area contributed by atoms with Gasteiger partial charge in [0, 0.05) is 18.5 Å². The molecule has 0 aromatic rings. The fourth-order valence-corrected chi connectivity index (χ4v) is 3.02. The molecule has 3 nitrogen and oxygen atoms in total. The highest BCUT2D eigenvalue weighted by atomic mass is 16.2. The monoisotopic (exact) mass is 194 g/mol. The van der Waals surface area contributed by atoms with E-state index in [4.69, 9.17) is 0 Å². The standard InChI is InChI=1S/C11H18N2O/c14-11-4-1-8-7-12-6-5-10(8)13(11)9-2-3-9/h8-10,12H,1-7H2/t8-,10-/m1/s1. The minimum atomic E-state index is 0.427. The lowest BCUT2D eigenvalue weighted by atomic mass is 9.84. The molecule has 0 aromatic heterocycles. The summed E-state index contributed by atoms with van der Waals surface area (Å²) >= 11 is 0. The Labute approximate surface area is 84.8 Å². The van der Waals surface area contributed by atoms with E-state index in [1.807, 2.05) is 0 Å². The zero-order valence-corrected chi connectivity index (χ0v) is 8.54. The fraction of sp³-hybridized carbons (Fsp3) is 0.909. The van der Waals surface area contributed by atoms with Crippen molar-refractivity contribution >= 4 is 5.91 Å². The van der Waals surface area contributed by atoms with Crippen LogP contribution in [0.2, 0.25) is 0 Å². The molecule has 0 radical (unpaired) electrons. The Morgan fingerprint density at radius 3 is 2.86 bits per heavy atom. The summed E-state index contributed by atoms with van der Waals surface area (Å²) in [7, 11) is 0. The number of hydrogen-bond donors (Lipinski definition) is 1. The minimum Gasteiger partial charge on any atom is -0.336 e.